The van der Waals surface area contributed by atoms with Crippen molar-refractivity contribution >= 4 is 22.1 Å². The molecule has 1 aliphatic carbocycles. The normalized spacial score (nSPS) is 27.8. The smallest absolute Gasteiger partial charge is 0.124 e. The van der Waals surface area contributed by atoms with Crippen LogP contribution >= 0.6 is 0 Å². The molecule has 4 atom stereocenters. The van der Waals surface area contributed by atoms with E-state index in [0.29, 0.717) is 23.9 Å². The number of aromatic amines is 2. The quantitative estimate of drug-likeness (QED) is 0.407. The van der Waals surface area contributed by atoms with Crippen LogP contribution in [0.1, 0.15) is 84.4 Å². The van der Waals surface area contributed by atoms with Gasteiger partial charge in [-0.3, -0.25) is 4.90 Å². The summed E-state index contributed by atoms with van der Waals surface area (Å²) in [5, 5.41) is 3.56. The van der Waals surface area contributed by atoms with Gasteiger partial charge in [-0.05, 0) is 106 Å². The fourth-order valence-corrected chi connectivity index (χ4v) is 6.33. The van der Waals surface area contributed by atoms with E-state index < -0.39 is 0 Å². The fraction of sp³-hybridized carbons (Fsp3) is 0.481. The molecule has 4 aromatic rings. The van der Waals surface area contributed by atoms with E-state index in [0.717, 1.165) is 35.8 Å². The molecule has 0 spiro atoms. The number of fused-ring (bicyclic) bond motifs is 2. The highest BCUT2D eigenvalue weighted by atomic mass is 15.2. The van der Waals surface area contributed by atoms with E-state index in [4.69, 9.17) is 9.97 Å². The van der Waals surface area contributed by atoms with Crippen LogP contribution in [0, 0.1) is 6.92 Å². The molecule has 2 aromatic heterocycles. The summed E-state index contributed by atoms with van der Waals surface area (Å²) >= 11 is 0. The predicted molar refractivity (Wildman–Crippen MR) is 132 cm³/mol. The molecule has 6 nitrogen and oxygen atoms in total. The van der Waals surface area contributed by atoms with Crippen molar-refractivity contribution in [2.45, 2.75) is 62.9 Å². The van der Waals surface area contributed by atoms with Crippen LogP contribution in [0.3, 0.4) is 0 Å². The van der Waals surface area contributed by atoms with Gasteiger partial charge in [0.15, 0.2) is 0 Å². The maximum Gasteiger partial charge on any atom is 0.124 e. The zero-order valence-corrected chi connectivity index (χ0v) is 19.5. The summed E-state index contributed by atoms with van der Waals surface area (Å²) in [5.41, 5.74) is 8.82. The summed E-state index contributed by atoms with van der Waals surface area (Å²) in [4.78, 5) is 19.5. The summed E-state index contributed by atoms with van der Waals surface area (Å²) in [6.07, 6.45) is 6.07. The van der Waals surface area contributed by atoms with Crippen LogP contribution in [-0.2, 0) is 0 Å². The second-order valence-corrected chi connectivity index (χ2v) is 10.4. The van der Waals surface area contributed by atoms with Crippen molar-refractivity contribution in [1.82, 2.24) is 30.2 Å². The van der Waals surface area contributed by atoms with Gasteiger partial charge in [0.2, 0.25) is 0 Å². The molecule has 3 N–H and O–H groups in total. The molecule has 2 aliphatic heterocycles. The Morgan fingerprint density at radius 2 is 1.85 bits per heavy atom. The molecule has 1 saturated carbocycles. The van der Waals surface area contributed by atoms with E-state index in [1.807, 2.05) is 0 Å². The first-order valence-electron chi connectivity index (χ1n) is 12.6. The van der Waals surface area contributed by atoms with Gasteiger partial charge in [-0.2, -0.15) is 0 Å². The van der Waals surface area contributed by atoms with Gasteiger partial charge in [0, 0.05) is 0 Å². The molecule has 0 amide bonds. The highest BCUT2D eigenvalue weighted by Gasteiger charge is 2.41. The Bertz CT molecular complexity index is 1340. The molecule has 7 rings (SSSR count). The number of aromatic nitrogens is 4. The first-order chi connectivity index (χ1) is 16.2. The second kappa shape index (κ2) is 7.40. The highest BCUT2D eigenvalue weighted by molar-refractivity contribution is 5.81. The molecule has 2 saturated heterocycles. The van der Waals surface area contributed by atoms with Crippen LogP contribution in [0.25, 0.3) is 22.1 Å². The lowest BCUT2D eigenvalue weighted by atomic mass is 9.99. The van der Waals surface area contributed by atoms with E-state index in [2.05, 4.69) is 64.5 Å². The monoisotopic (exact) mass is 440 g/mol. The number of H-pyrrole nitrogens is 2. The second-order valence-electron chi connectivity index (χ2n) is 10.4. The summed E-state index contributed by atoms with van der Waals surface area (Å²) in [6.45, 7) is 4.51. The minimum atomic E-state index is 0.379. The van der Waals surface area contributed by atoms with Gasteiger partial charge >= 0.3 is 0 Å². The van der Waals surface area contributed by atoms with Crippen LogP contribution < -0.4 is 5.32 Å². The van der Waals surface area contributed by atoms with Crippen molar-refractivity contribution in [3.63, 3.8) is 0 Å². The number of hydrogen-bond acceptors (Lipinski definition) is 4. The van der Waals surface area contributed by atoms with Gasteiger partial charge in [0.25, 0.3) is 0 Å². The molecular formula is C27H32N6. The maximum atomic E-state index is 5.02. The Hall–Kier alpha value is -2.70. The van der Waals surface area contributed by atoms with Gasteiger partial charge in [0.05, 0.1) is 34.2 Å². The van der Waals surface area contributed by atoms with Gasteiger partial charge in [-0.15, -0.1) is 0 Å². The standard InChI is InChI=1S/C27H32N6/c1-15-17(8-10-21-25(15)32-26(30-21)22-5-3-11-28-22)19-14-18(19)16-7-9-20-23(13-16)31-27(29-20)24-6-4-12-33(24)2/h7-10,13,18-19,22,24,28H,3-6,11-12,14H2,1-2H3,(H,29,31)(H,30,32). The zero-order valence-electron chi connectivity index (χ0n) is 19.5. The first-order valence-corrected chi connectivity index (χ1v) is 12.6. The van der Waals surface area contributed by atoms with E-state index in [1.54, 1.807) is 0 Å². The Balaban J connectivity index is 1.16. The van der Waals surface area contributed by atoms with Crippen molar-refractivity contribution in [3.05, 3.63) is 58.7 Å². The van der Waals surface area contributed by atoms with Crippen molar-refractivity contribution in [3.8, 4) is 0 Å². The summed E-state index contributed by atoms with van der Waals surface area (Å²) in [7, 11) is 2.21. The van der Waals surface area contributed by atoms with Crippen LogP contribution in [0.15, 0.2) is 30.3 Å². The van der Waals surface area contributed by atoms with Gasteiger partial charge in [-0.1, -0.05) is 12.1 Å². The fourth-order valence-electron chi connectivity index (χ4n) is 6.33. The number of likely N-dealkylation sites (tertiary alicyclic amines) is 1. The molecule has 170 valence electrons. The molecule has 0 radical (unpaired) electrons. The van der Waals surface area contributed by atoms with Crippen LogP contribution in [0.5, 0.6) is 0 Å². The molecule has 33 heavy (non-hydrogen) atoms. The molecule has 3 fully saturated rings. The minimum absolute atomic E-state index is 0.379. The third-order valence-electron chi connectivity index (χ3n) is 8.34. The lowest BCUT2D eigenvalue weighted by Crippen LogP contribution is -2.18. The molecular weight excluding hydrogens is 408 g/mol. The molecule has 0 bridgehead atoms. The topological polar surface area (TPSA) is 72.6 Å². The van der Waals surface area contributed by atoms with Crippen molar-refractivity contribution in [1.29, 1.82) is 0 Å². The van der Waals surface area contributed by atoms with Crippen LogP contribution in [0.4, 0.5) is 0 Å². The molecule has 6 heteroatoms. The number of benzene rings is 2. The van der Waals surface area contributed by atoms with E-state index in [-0.39, 0.29) is 0 Å². The van der Waals surface area contributed by atoms with Gasteiger partial charge in [-0.25, -0.2) is 9.97 Å². The van der Waals surface area contributed by atoms with Crippen molar-refractivity contribution in [2.24, 2.45) is 0 Å². The average molecular weight is 441 g/mol. The minimum Gasteiger partial charge on any atom is -0.341 e. The molecule has 4 unspecified atom stereocenters. The Morgan fingerprint density at radius 1 is 0.939 bits per heavy atom. The largest absolute Gasteiger partial charge is 0.341 e. The lowest BCUT2D eigenvalue weighted by Gasteiger charge is -2.16. The predicted octanol–water partition coefficient (Wildman–Crippen LogP) is 5.21. The summed E-state index contributed by atoms with van der Waals surface area (Å²) in [6, 6.07) is 12.2. The molecule has 2 aromatic carbocycles. The average Bonchev–Trinajstić information content (AvgIpc) is 3.31. The third kappa shape index (κ3) is 3.22. The summed E-state index contributed by atoms with van der Waals surface area (Å²) in [5.74, 6) is 3.40. The third-order valence-corrected chi connectivity index (χ3v) is 8.34. The van der Waals surface area contributed by atoms with Crippen molar-refractivity contribution in [2.75, 3.05) is 20.1 Å². The SMILES string of the molecule is Cc1c(C2CC2c2ccc3nc(C4CCCN4C)[nH]c3c2)ccc2[nH]c(C3CCCN3)nc12. The lowest BCUT2D eigenvalue weighted by molar-refractivity contribution is 0.307. The zero-order chi connectivity index (χ0) is 22.1. The number of aryl methyl sites for hydroxylation is 1. The van der Waals surface area contributed by atoms with E-state index in [1.165, 1.54) is 59.8 Å². The van der Waals surface area contributed by atoms with Crippen LogP contribution in [-0.4, -0.2) is 45.0 Å². The number of imidazole rings is 2. The Morgan fingerprint density at radius 3 is 2.67 bits per heavy atom. The molecule has 3 aliphatic rings. The van der Waals surface area contributed by atoms with Gasteiger partial charge in [0.1, 0.15) is 11.6 Å². The Kier molecular flexibility index (Phi) is 4.43. The summed E-state index contributed by atoms with van der Waals surface area (Å²) < 4.78 is 0. The van der Waals surface area contributed by atoms with E-state index >= 15 is 0 Å². The first kappa shape index (κ1) is 19.7. The number of hydrogen-bond donors (Lipinski definition) is 3. The number of nitrogens with zero attached hydrogens (tertiary/aromatic N) is 3. The van der Waals surface area contributed by atoms with Crippen molar-refractivity contribution < 1.29 is 0 Å². The highest BCUT2D eigenvalue weighted by Crippen LogP contribution is 2.56. The van der Waals surface area contributed by atoms with Crippen LogP contribution in [0.2, 0.25) is 0 Å². The van der Waals surface area contributed by atoms with E-state index in [9.17, 15) is 0 Å². The molecule has 4 heterocycles. The number of rotatable bonds is 4. The maximum absolute atomic E-state index is 5.02. The Labute approximate surface area is 194 Å². The van der Waals surface area contributed by atoms with Gasteiger partial charge < -0.3 is 15.3 Å². The number of nitrogens with one attached hydrogen (secondary N) is 3.